The van der Waals surface area contributed by atoms with Crippen molar-refractivity contribution in [2.75, 3.05) is 13.1 Å². The molecule has 1 aromatic heterocycles. The van der Waals surface area contributed by atoms with Gasteiger partial charge in [0.05, 0.1) is 16.6 Å². The summed E-state index contributed by atoms with van der Waals surface area (Å²) in [5.74, 6) is 0.0988. The van der Waals surface area contributed by atoms with Gasteiger partial charge in [-0.2, -0.15) is 0 Å². The third-order valence-corrected chi connectivity index (χ3v) is 7.35. The summed E-state index contributed by atoms with van der Waals surface area (Å²) in [4.78, 5) is 21.2. The molecule has 0 unspecified atom stereocenters. The maximum absolute atomic E-state index is 13.7. The average molecular weight is 523 g/mol. The molecule has 3 aromatic carbocycles. The van der Waals surface area contributed by atoms with Crippen molar-refractivity contribution in [1.29, 1.82) is 0 Å². The van der Waals surface area contributed by atoms with Crippen LogP contribution in [0.2, 0.25) is 10.0 Å². The van der Waals surface area contributed by atoms with Gasteiger partial charge >= 0.3 is 0 Å². The van der Waals surface area contributed by atoms with Gasteiger partial charge in [-0.25, -0.2) is 0 Å². The number of rotatable bonds is 10. The highest BCUT2D eigenvalue weighted by molar-refractivity contribution is 6.42. The smallest absolute Gasteiger partial charge is 0.237 e. The number of nitrogens with zero attached hydrogens (tertiary/aromatic N) is 2. The van der Waals surface area contributed by atoms with E-state index in [-0.39, 0.29) is 11.9 Å². The van der Waals surface area contributed by atoms with Gasteiger partial charge in [-0.1, -0.05) is 77.3 Å². The van der Waals surface area contributed by atoms with E-state index >= 15 is 0 Å². The number of hydrogen-bond acceptors (Lipinski definition) is 2. The minimum atomic E-state index is 0.0988. The predicted molar refractivity (Wildman–Crippen MR) is 151 cm³/mol. The van der Waals surface area contributed by atoms with E-state index in [4.69, 9.17) is 23.2 Å². The highest BCUT2D eigenvalue weighted by atomic mass is 35.5. The van der Waals surface area contributed by atoms with Crippen LogP contribution in [0.25, 0.3) is 10.9 Å². The van der Waals surface area contributed by atoms with Crippen molar-refractivity contribution < 1.29 is 4.79 Å². The Morgan fingerprint density at radius 1 is 0.917 bits per heavy atom. The first kappa shape index (κ1) is 26.3. The Morgan fingerprint density at radius 3 is 2.36 bits per heavy atom. The van der Waals surface area contributed by atoms with E-state index in [2.05, 4.69) is 67.1 Å². The number of aryl methyl sites for hydroxylation is 1. The molecule has 0 saturated carbocycles. The van der Waals surface area contributed by atoms with Crippen molar-refractivity contribution in [2.45, 2.75) is 46.3 Å². The molecule has 0 radical (unpaired) electrons. The molecule has 188 valence electrons. The lowest BCUT2D eigenvalue weighted by atomic mass is 10.1. The maximum atomic E-state index is 13.7. The Kier molecular flexibility index (Phi) is 8.73. The van der Waals surface area contributed by atoms with Gasteiger partial charge in [-0.3, -0.25) is 9.69 Å². The monoisotopic (exact) mass is 521 g/mol. The highest BCUT2D eigenvalue weighted by Crippen LogP contribution is 2.24. The molecular weight excluding hydrogens is 489 g/mol. The number of amides is 1. The molecule has 0 aliphatic heterocycles. The molecule has 0 aliphatic carbocycles. The Morgan fingerprint density at radius 2 is 1.64 bits per heavy atom. The molecular formula is C30H33Cl2N3O. The van der Waals surface area contributed by atoms with Crippen molar-refractivity contribution in [2.24, 2.45) is 0 Å². The van der Waals surface area contributed by atoms with Crippen molar-refractivity contribution in [3.8, 4) is 0 Å². The van der Waals surface area contributed by atoms with E-state index in [0.29, 0.717) is 29.7 Å². The fourth-order valence-electron chi connectivity index (χ4n) is 4.37. The fourth-order valence-corrected chi connectivity index (χ4v) is 4.69. The average Bonchev–Trinajstić information content (AvgIpc) is 3.27. The Labute approximate surface area is 223 Å². The van der Waals surface area contributed by atoms with E-state index in [1.807, 2.05) is 35.4 Å². The second-order valence-electron chi connectivity index (χ2n) is 9.66. The van der Waals surface area contributed by atoms with E-state index in [9.17, 15) is 4.79 Å². The summed E-state index contributed by atoms with van der Waals surface area (Å²) in [6.45, 7) is 8.52. The van der Waals surface area contributed by atoms with Crippen LogP contribution in [0.1, 0.15) is 36.1 Å². The number of nitrogens with one attached hydrogen (secondary N) is 1. The van der Waals surface area contributed by atoms with Gasteiger partial charge in [-0.05, 0) is 62.1 Å². The number of aromatic nitrogens is 1. The lowest BCUT2D eigenvalue weighted by Crippen LogP contribution is -2.43. The summed E-state index contributed by atoms with van der Waals surface area (Å²) in [6.07, 6.45) is 2.81. The molecule has 4 aromatic rings. The van der Waals surface area contributed by atoms with E-state index in [1.165, 1.54) is 22.1 Å². The normalized spacial score (nSPS) is 11.5. The van der Waals surface area contributed by atoms with Crippen molar-refractivity contribution >= 4 is 40.0 Å². The molecule has 0 fully saturated rings. The van der Waals surface area contributed by atoms with Gasteiger partial charge in [0, 0.05) is 42.8 Å². The number of hydrogen-bond donors (Lipinski definition) is 1. The van der Waals surface area contributed by atoms with Gasteiger partial charge in [0.2, 0.25) is 5.91 Å². The zero-order valence-electron chi connectivity index (χ0n) is 21.1. The van der Waals surface area contributed by atoms with Crippen LogP contribution in [-0.4, -0.2) is 39.8 Å². The van der Waals surface area contributed by atoms with Crippen LogP contribution in [0.3, 0.4) is 0 Å². The second kappa shape index (κ2) is 12.0. The number of carbonyl (C=O) groups excluding carboxylic acids is 1. The van der Waals surface area contributed by atoms with E-state index in [1.54, 1.807) is 6.07 Å². The van der Waals surface area contributed by atoms with Gasteiger partial charge in [0.1, 0.15) is 0 Å². The van der Waals surface area contributed by atoms with E-state index in [0.717, 1.165) is 24.0 Å². The van der Waals surface area contributed by atoms with Gasteiger partial charge in [-0.15, -0.1) is 0 Å². The topological polar surface area (TPSA) is 39.3 Å². The third-order valence-electron chi connectivity index (χ3n) is 6.61. The van der Waals surface area contributed by atoms with Gasteiger partial charge in [0.15, 0.2) is 0 Å². The predicted octanol–water partition coefficient (Wildman–Crippen LogP) is 7.27. The highest BCUT2D eigenvalue weighted by Gasteiger charge is 2.21. The van der Waals surface area contributed by atoms with E-state index < -0.39 is 0 Å². The molecule has 1 N–H and O–H groups in total. The Bertz CT molecular complexity index is 1310. The van der Waals surface area contributed by atoms with Crippen LogP contribution in [-0.2, 0) is 24.3 Å². The summed E-state index contributed by atoms with van der Waals surface area (Å²) in [5.41, 5.74) is 5.72. The summed E-state index contributed by atoms with van der Waals surface area (Å²) in [6, 6.07) is 22.6. The summed E-state index contributed by atoms with van der Waals surface area (Å²) in [7, 11) is 0. The standard InChI is InChI=1S/C30H33Cl2N3O/c1-21(2)35(18-23-10-8-22(3)9-11-23)20-30(36)34(19-24-12-13-27(31)28(32)16-24)15-14-25-17-33-29-7-5-4-6-26(25)29/h4-13,16-17,21,33H,14-15,18-20H2,1-3H3. The Balaban J connectivity index is 1.52. The number of aromatic amines is 1. The number of halogens is 2. The molecule has 0 saturated heterocycles. The zero-order valence-corrected chi connectivity index (χ0v) is 22.6. The number of para-hydroxylation sites is 1. The number of fused-ring (bicyclic) bond motifs is 1. The summed E-state index contributed by atoms with van der Waals surface area (Å²) in [5, 5.41) is 2.21. The second-order valence-corrected chi connectivity index (χ2v) is 10.5. The van der Waals surface area contributed by atoms with Crippen LogP contribution >= 0.6 is 23.2 Å². The van der Waals surface area contributed by atoms with Crippen LogP contribution in [0, 0.1) is 6.92 Å². The molecule has 0 bridgehead atoms. The fraction of sp³-hybridized carbons (Fsp3) is 0.300. The number of H-pyrrole nitrogens is 1. The third kappa shape index (κ3) is 6.70. The Hall–Kier alpha value is -2.79. The minimum absolute atomic E-state index is 0.0988. The lowest BCUT2D eigenvalue weighted by Gasteiger charge is -2.30. The van der Waals surface area contributed by atoms with Crippen molar-refractivity contribution in [3.63, 3.8) is 0 Å². The largest absolute Gasteiger partial charge is 0.361 e. The maximum Gasteiger partial charge on any atom is 0.237 e. The first-order valence-corrected chi connectivity index (χ1v) is 13.1. The number of benzene rings is 3. The molecule has 36 heavy (non-hydrogen) atoms. The summed E-state index contributed by atoms with van der Waals surface area (Å²) >= 11 is 12.4. The molecule has 1 amide bonds. The van der Waals surface area contributed by atoms with Crippen LogP contribution in [0.4, 0.5) is 0 Å². The minimum Gasteiger partial charge on any atom is -0.361 e. The summed E-state index contributed by atoms with van der Waals surface area (Å²) < 4.78 is 0. The first-order valence-electron chi connectivity index (χ1n) is 12.4. The molecule has 0 atom stereocenters. The molecule has 0 aliphatic rings. The molecule has 4 nitrogen and oxygen atoms in total. The van der Waals surface area contributed by atoms with Crippen molar-refractivity contribution in [1.82, 2.24) is 14.8 Å². The lowest BCUT2D eigenvalue weighted by molar-refractivity contribution is -0.133. The van der Waals surface area contributed by atoms with Crippen molar-refractivity contribution in [3.05, 3.63) is 105 Å². The zero-order chi connectivity index (χ0) is 25.7. The number of carbonyl (C=O) groups is 1. The van der Waals surface area contributed by atoms with Gasteiger partial charge < -0.3 is 9.88 Å². The quantitative estimate of drug-likeness (QED) is 0.238. The van der Waals surface area contributed by atoms with Gasteiger partial charge in [0.25, 0.3) is 0 Å². The molecule has 1 heterocycles. The molecule has 0 spiro atoms. The SMILES string of the molecule is Cc1ccc(CN(CC(=O)N(CCc2c[nH]c3ccccc23)Cc2ccc(Cl)c(Cl)c2)C(C)C)cc1. The van der Waals surface area contributed by atoms with Crippen LogP contribution < -0.4 is 0 Å². The van der Waals surface area contributed by atoms with Crippen LogP contribution in [0.15, 0.2) is 72.9 Å². The first-order chi connectivity index (χ1) is 17.3. The van der Waals surface area contributed by atoms with Crippen LogP contribution in [0.5, 0.6) is 0 Å². The molecule has 6 heteroatoms. The molecule has 4 rings (SSSR count).